The van der Waals surface area contributed by atoms with E-state index >= 15 is 0 Å². The van der Waals surface area contributed by atoms with Gasteiger partial charge in [0.25, 0.3) is 5.91 Å². The quantitative estimate of drug-likeness (QED) is 0.738. The summed E-state index contributed by atoms with van der Waals surface area (Å²) in [7, 11) is 0. The van der Waals surface area contributed by atoms with Crippen molar-refractivity contribution >= 4 is 34.2 Å². The summed E-state index contributed by atoms with van der Waals surface area (Å²) < 4.78 is 1.04. The fourth-order valence-corrected chi connectivity index (χ4v) is 3.42. The maximum Gasteiger partial charge on any atom is 0.255 e. The van der Waals surface area contributed by atoms with E-state index in [9.17, 15) is 4.79 Å². The number of anilines is 1. The van der Waals surface area contributed by atoms with Crippen LogP contribution in [0.25, 0.3) is 0 Å². The number of hydrogen-bond donors (Lipinski definition) is 1. The van der Waals surface area contributed by atoms with Crippen molar-refractivity contribution < 1.29 is 4.79 Å². The number of carbonyl (C=O) groups is 1. The Bertz CT molecular complexity index is 663. The molecule has 2 aromatic carbocycles. The number of rotatable bonds is 4. The second kappa shape index (κ2) is 7.93. The average Bonchev–Trinajstić information content (AvgIpc) is 2.58. The molecule has 1 aliphatic heterocycles. The standard InChI is InChI=1S/C19H21IN2O/c20-17-6-2-3-7-18(17)21-19(23)16-10-8-15(9-11-16)14-22-12-4-1-5-13-22/h2-3,6-11H,1,4-5,12-14H2,(H,21,23). The first-order chi connectivity index (χ1) is 11.2. The van der Waals surface area contributed by atoms with Gasteiger partial charge in [-0.25, -0.2) is 0 Å². The summed E-state index contributed by atoms with van der Waals surface area (Å²) in [5.74, 6) is -0.0568. The predicted octanol–water partition coefficient (Wildman–Crippen LogP) is 4.53. The van der Waals surface area contributed by atoms with Crippen LogP contribution in [-0.4, -0.2) is 23.9 Å². The van der Waals surface area contributed by atoms with Crippen molar-refractivity contribution in [1.29, 1.82) is 0 Å². The first kappa shape index (κ1) is 16.5. The number of nitrogens with zero attached hydrogens (tertiary/aromatic N) is 1. The lowest BCUT2D eigenvalue weighted by Crippen LogP contribution is -2.29. The molecule has 1 N–H and O–H groups in total. The van der Waals surface area contributed by atoms with Gasteiger partial charge in [0.15, 0.2) is 0 Å². The molecule has 3 rings (SSSR count). The number of hydrogen-bond acceptors (Lipinski definition) is 2. The van der Waals surface area contributed by atoms with Crippen molar-refractivity contribution in [2.24, 2.45) is 0 Å². The molecule has 0 aliphatic carbocycles. The van der Waals surface area contributed by atoms with Crippen molar-refractivity contribution in [1.82, 2.24) is 4.90 Å². The normalized spacial score (nSPS) is 15.3. The molecular weight excluding hydrogens is 399 g/mol. The third kappa shape index (κ3) is 4.54. The number of halogens is 1. The zero-order valence-electron chi connectivity index (χ0n) is 13.1. The topological polar surface area (TPSA) is 32.3 Å². The van der Waals surface area contributed by atoms with Crippen LogP contribution in [0.3, 0.4) is 0 Å². The Hall–Kier alpha value is -1.40. The van der Waals surface area contributed by atoms with Crippen LogP contribution < -0.4 is 5.32 Å². The van der Waals surface area contributed by atoms with Gasteiger partial charge in [0, 0.05) is 15.7 Å². The molecule has 0 saturated carbocycles. The highest BCUT2D eigenvalue weighted by molar-refractivity contribution is 14.1. The van der Waals surface area contributed by atoms with Crippen LogP contribution in [0.4, 0.5) is 5.69 Å². The Morgan fingerprint density at radius 3 is 2.39 bits per heavy atom. The molecular formula is C19H21IN2O. The molecule has 120 valence electrons. The molecule has 3 nitrogen and oxygen atoms in total. The van der Waals surface area contributed by atoms with E-state index in [0.717, 1.165) is 15.8 Å². The lowest BCUT2D eigenvalue weighted by molar-refractivity contribution is 0.102. The number of benzene rings is 2. The number of para-hydroxylation sites is 1. The van der Waals surface area contributed by atoms with Gasteiger partial charge in [-0.05, 0) is 78.4 Å². The summed E-state index contributed by atoms with van der Waals surface area (Å²) >= 11 is 2.23. The van der Waals surface area contributed by atoms with Gasteiger partial charge in [-0.1, -0.05) is 30.7 Å². The third-order valence-corrected chi connectivity index (χ3v) is 5.13. The molecule has 1 fully saturated rings. The van der Waals surface area contributed by atoms with E-state index in [2.05, 4.69) is 44.9 Å². The minimum Gasteiger partial charge on any atom is -0.321 e. The second-order valence-electron chi connectivity index (χ2n) is 5.97. The van der Waals surface area contributed by atoms with E-state index in [1.807, 2.05) is 36.4 Å². The first-order valence-electron chi connectivity index (χ1n) is 8.09. The van der Waals surface area contributed by atoms with Gasteiger partial charge in [-0.15, -0.1) is 0 Å². The first-order valence-corrected chi connectivity index (χ1v) is 9.17. The van der Waals surface area contributed by atoms with E-state index in [1.165, 1.54) is 37.9 Å². The largest absolute Gasteiger partial charge is 0.321 e. The summed E-state index contributed by atoms with van der Waals surface area (Å²) in [6.45, 7) is 3.36. The van der Waals surface area contributed by atoms with Crippen LogP contribution in [0.2, 0.25) is 0 Å². The van der Waals surface area contributed by atoms with Crippen LogP contribution in [-0.2, 0) is 6.54 Å². The molecule has 4 heteroatoms. The third-order valence-electron chi connectivity index (χ3n) is 4.19. The lowest BCUT2D eigenvalue weighted by Gasteiger charge is -2.26. The minimum absolute atomic E-state index is 0.0568. The van der Waals surface area contributed by atoms with Gasteiger partial charge < -0.3 is 5.32 Å². The van der Waals surface area contributed by atoms with Crippen molar-refractivity contribution in [2.75, 3.05) is 18.4 Å². The summed E-state index contributed by atoms with van der Waals surface area (Å²) in [6, 6.07) is 15.8. The van der Waals surface area contributed by atoms with Gasteiger partial charge in [0.05, 0.1) is 5.69 Å². The van der Waals surface area contributed by atoms with Crippen molar-refractivity contribution in [2.45, 2.75) is 25.8 Å². The summed E-state index contributed by atoms with van der Waals surface area (Å²) in [6.07, 6.45) is 3.96. The fourth-order valence-electron chi connectivity index (χ4n) is 2.89. The minimum atomic E-state index is -0.0568. The monoisotopic (exact) mass is 420 g/mol. The number of piperidine rings is 1. The molecule has 23 heavy (non-hydrogen) atoms. The Labute approximate surface area is 151 Å². The van der Waals surface area contributed by atoms with Crippen LogP contribution in [0.5, 0.6) is 0 Å². The molecule has 0 spiro atoms. The molecule has 1 heterocycles. The summed E-state index contributed by atoms with van der Waals surface area (Å²) in [5.41, 5.74) is 2.83. The van der Waals surface area contributed by atoms with Gasteiger partial charge >= 0.3 is 0 Å². The smallest absolute Gasteiger partial charge is 0.255 e. The van der Waals surface area contributed by atoms with Crippen molar-refractivity contribution in [3.8, 4) is 0 Å². The average molecular weight is 420 g/mol. The van der Waals surface area contributed by atoms with Gasteiger partial charge in [0.1, 0.15) is 0 Å². The summed E-state index contributed by atoms with van der Waals surface area (Å²) in [5, 5.41) is 2.97. The van der Waals surface area contributed by atoms with Gasteiger partial charge in [-0.2, -0.15) is 0 Å². The molecule has 0 radical (unpaired) electrons. The van der Waals surface area contributed by atoms with E-state index in [-0.39, 0.29) is 5.91 Å². The Morgan fingerprint density at radius 1 is 1.00 bits per heavy atom. The Morgan fingerprint density at radius 2 is 1.70 bits per heavy atom. The number of amides is 1. The van der Waals surface area contributed by atoms with E-state index in [0.29, 0.717) is 5.56 Å². The van der Waals surface area contributed by atoms with Gasteiger partial charge in [0.2, 0.25) is 0 Å². The Kier molecular flexibility index (Phi) is 5.67. The molecule has 2 aromatic rings. The zero-order valence-corrected chi connectivity index (χ0v) is 15.3. The maximum absolute atomic E-state index is 12.3. The highest BCUT2D eigenvalue weighted by Crippen LogP contribution is 2.18. The molecule has 0 aromatic heterocycles. The number of likely N-dealkylation sites (tertiary alicyclic amines) is 1. The summed E-state index contributed by atoms with van der Waals surface area (Å²) in [4.78, 5) is 14.8. The van der Waals surface area contributed by atoms with Crippen LogP contribution in [0, 0.1) is 3.57 Å². The molecule has 1 aliphatic rings. The van der Waals surface area contributed by atoms with Crippen LogP contribution in [0.1, 0.15) is 35.2 Å². The molecule has 1 amide bonds. The molecule has 0 unspecified atom stereocenters. The molecule has 0 atom stereocenters. The predicted molar refractivity (Wildman–Crippen MR) is 103 cm³/mol. The second-order valence-corrected chi connectivity index (χ2v) is 7.13. The van der Waals surface area contributed by atoms with E-state index in [1.54, 1.807) is 0 Å². The molecule has 1 saturated heterocycles. The van der Waals surface area contributed by atoms with E-state index < -0.39 is 0 Å². The zero-order chi connectivity index (χ0) is 16.1. The van der Waals surface area contributed by atoms with Crippen LogP contribution in [0.15, 0.2) is 48.5 Å². The van der Waals surface area contributed by atoms with Crippen LogP contribution >= 0.6 is 22.6 Å². The number of carbonyl (C=O) groups excluding carboxylic acids is 1. The molecule has 0 bridgehead atoms. The van der Waals surface area contributed by atoms with Gasteiger partial charge in [-0.3, -0.25) is 9.69 Å². The van der Waals surface area contributed by atoms with Crippen molar-refractivity contribution in [3.05, 3.63) is 63.2 Å². The fraction of sp³-hybridized carbons (Fsp3) is 0.316. The number of nitrogens with one attached hydrogen (secondary N) is 1. The highest BCUT2D eigenvalue weighted by atomic mass is 127. The Balaban J connectivity index is 1.62. The SMILES string of the molecule is O=C(Nc1ccccc1I)c1ccc(CN2CCCCC2)cc1. The van der Waals surface area contributed by atoms with E-state index in [4.69, 9.17) is 0 Å². The highest BCUT2D eigenvalue weighted by Gasteiger charge is 2.11. The van der Waals surface area contributed by atoms with Crippen molar-refractivity contribution in [3.63, 3.8) is 0 Å². The lowest BCUT2D eigenvalue weighted by atomic mass is 10.1. The maximum atomic E-state index is 12.3.